The van der Waals surface area contributed by atoms with Crippen LogP contribution in [-0.2, 0) is 4.74 Å². The zero-order valence-electron chi connectivity index (χ0n) is 17.6. The molecule has 2 atom stereocenters. The minimum absolute atomic E-state index is 0.0117. The van der Waals surface area contributed by atoms with Gasteiger partial charge in [-0.3, -0.25) is 4.79 Å². The van der Waals surface area contributed by atoms with Crippen molar-refractivity contribution in [1.82, 2.24) is 9.88 Å². The standard InChI is InChI=1S/C26H23N3O2S/c30-25(22-11-5-4-10-21(22)18-8-2-1-3-9-18)28-14-19-16-29(17-20(15-28)31-19)26-27-23-12-6-7-13-24(23)32-26/h1-13,19-20H,14-17H2. The van der Waals surface area contributed by atoms with Crippen molar-refractivity contribution in [3.63, 3.8) is 0 Å². The van der Waals surface area contributed by atoms with Crippen LogP contribution in [0.25, 0.3) is 21.3 Å². The fourth-order valence-corrected chi connectivity index (χ4v) is 5.70. The molecule has 0 N–H and O–H groups in total. The number of rotatable bonds is 3. The van der Waals surface area contributed by atoms with Crippen molar-refractivity contribution >= 4 is 32.6 Å². The molecule has 6 rings (SSSR count). The Labute approximate surface area is 190 Å². The average Bonchev–Trinajstić information content (AvgIpc) is 3.28. The summed E-state index contributed by atoms with van der Waals surface area (Å²) in [6.07, 6.45) is -0.0234. The van der Waals surface area contributed by atoms with Crippen molar-refractivity contribution in [2.24, 2.45) is 0 Å². The second kappa shape index (κ2) is 8.04. The van der Waals surface area contributed by atoms with E-state index in [1.54, 1.807) is 11.3 Å². The van der Waals surface area contributed by atoms with E-state index in [0.717, 1.165) is 40.4 Å². The van der Waals surface area contributed by atoms with E-state index < -0.39 is 0 Å². The quantitative estimate of drug-likeness (QED) is 0.463. The van der Waals surface area contributed by atoms with Gasteiger partial charge in [-0.25, -0.2) is 4.98 Å². The van der Waals surface area contributed by atoms with Crippen molar-refractivity contribution in [3.05, 3.63) is 84.4 Å². The van der Waals surface area contributed by atoms with Crippen molar-refractivity contribution in [2.45, 2.75) is 12.2 Å². The molecule has 2 fully saturated rings. The lowest BCUT2D eigenvalue weighted by Gasteiger charge is -2.45. The molecule has 2 bridgehead atoms. The second-order valence-corrected chi connectivity index (χ2v) is 9.38. The molecular weight excluding hydrogens is 418 g/mol. The van der Waals surface area contributed by atoms with E-state index in [9.17, 15) is 4.79 Å². The molecule has 3 heterocycles. The Morgan fingerprint density at radius 3 is 2.31 bits per heavy atom. The number of fused-ring (bicyclic) bond motifs is 3. The molecule has 3 aromatic carbocycles. The zero-order valence-corrected chi connectivity index (χ0v) is 18.4. The van der Waals surface area contributed by atoms with Crippen LogP contribution in [0.2, 0.25) is 0 Å². The number of para-hydroxylation sites is 1. The number of carbonyl (C=O) groups excluding carboxylic acids is 1. The highest BCUT2D eigenvalue weighted by molar-refractivity contribution is 7.22. The lowest BCUT2D eigenvalue weighted by molar-refractivity contribution is -0.0845. The van der Waals surface area contributed by atoms with Crippen LogP contribution in [-0.4, -0.2) is 54.2 Å². The Morgan fingerprint density at radius 1 is 0.844 bits per heavy atom. The maximum Gasteiger partial charge on any atom is 0.254 e. The third-order valence-corrected chi connectivity index (χ3v) is 7.26. The lowest BCUT2D eigenvalue weighted by atomic mass is 9.98. The van der Waals surface area contributed by atoms with Crippen molar-refractivity contribution < 1.29 is 9.53 Å². The molecule has 160 valence electrons. The first kappa shape index (κ1) is 19.5. The molecule has 0 radical (unpaired) electrons. The number of hydrogen-bond acceptors (Lipinski definition) is 5. The monoisotopic (exact) mass is 441 g/mol. The van der Waals surface area contributed by atoms with Crippen molar-refractivity contribution in [3.8, 4) is 11.1 Å². The van der Waals surface area contributed by atoms with Crippen LogP contribution < -0.4 is 4.90 Å². The average molecular weight is 442 g/mol. The molecule has 1 amide bonds. The normalized spacial score (nSPS) is 20.5. The highest BCUT2D eigenvalue weighted by Crippen LogP contribution is 2.32. The number of anilines is 1. The SMILES string of the molecule is O=C(c1ccccc1-c1ccccc1)N1CC2CN(c3nc4ccccc4s3)CC(C1)O2. The van der Waals surface area contributed by atoms with E-state index in [4.69, 9.17) is 9.72 Å². The Morgan fingerprint density at radius 2 is 1.53 bits per heavy atom. The summed E-state index contributed by atoms with van der Waals surface area (Å²) in [7, 11) is 0. The first-order valence-corrected chi connectivity index (χ1v) is 11.8. The van der Waals surface area contributed by atoms with Gasteiger partial charge >= 0.3 is 0 Å². The highest BCUT2D eigenvalue weighted by atomic mass is 32.1. The number of thiazole rings is 1. The molecule has 5 nitrogen and oxygen atoms in total. The number of carbonyl (C=O) groups is 1. The topological polar surface area (TPSA) is 45.7 Å². The van der Waals surface area contributed by atoms with Gasteiger partial charge in [0.05, 0.1) is 22.4 Å². The first-order chi connectivity index (χ1) is 15.7. The van der Waals surface area contributed by atoms with E-state index in [1.807, 2.05) is 53.4 Å². The number of nitrogens with zero attached hydrogens (tertiary/aromatic N) is 3. The van der Waals surface area contributed by atoms with Gasteiger partial charge in [0.1, 0.15) is 0 Å². The van der Waals surface area contributed by atoms with Gasteiger partial charge in [-0.2, -0.15) is 0 Å². The fraction of sp³-hybridized carbons (Fsp3) is 0.231. The van der Waals surface area contributed by atoms with E-state index in [-0.39, 0.29) is 18.1 Å². The molecule has 1 aromatic heterocycles. The molecule has 0 spiro atoms. The van der Waals surface area contributed by atoms with Crippen molar-refractivity contribution in [1.29, 1.82) is 0 Å². The number of morpholine rings is 2. The second-order valence-electron chi connectivity index (χ2n) is 8.37. The summed E-state index contributed by atoms with van der Waals surface area (Å²) in [5.74, 6) is 0.0798. The maximum atomic E-state index is 13.5. The largest absolute Gasteiger partial charge is 0.368 e. The van der Waals surface area contributed by atoms with Gasteiger partial charge in [0.2, 0.25) is 0 Å². The minimum Gasteiger partial charge on any atom is -0.368 e. The summed E-state index contributed by atoms with van der Waals surface area (Å²) >= 11 is 1.72. The van der Waals surface area contributed by atoms with Crippen LogP contribution in [0.5, 0.6) is 0 Å². The van der Waals surface area contributed by atoms with Crippen LogP contribution in [0.1, 0.15) is 10.4 Å². The molecular formula is C26H23N3O2S. The molecule has 0 saturated carbocycles. The summed E-state index contributed by atoms with van der Waals surface area (Å²) in [6, 6.07) is 26.2. The van der Waals surface area contributed by atoms with Gasteiger partial charge in [-0.1, -0.05) is 72.0 Å². The fourth-order valence-electron chi connectivity index (χ4n) is 4.72. The van der Waals surface area contributed by atoms with Crippen LogP contribution in [0.4, 0.5) is 5.13 Å². The Bertz CT molecular complexity index is 1230. The summed E-state index contributed by atoms with van der Waals surface area (Å²) in [4.78, 5) is 22.7. The van der Waals surface area contributed by atoms with E-state index in [1.165, 1.54) is 4.70 Å². The summed E-state index contributed by atoms with van der Waals surface area (Å²) in [5, 5.41) is 1.04. The van der Waals surface area contributed by atoms with Gasteiger partial charge in [0, 0.05) is 31.7 Å². The van der Waals surface area contributed by atoms with Gasteiger partial charge in [-0.15, -0.1) is 0 Å². The van der Waals surface area contributed by atoms with Crippen molar-refractivity contribution in [2.75, 3.05) is 31.1 Å². The molecule has 32 heavy (non-hydrogen) atoms. The maximum absolute atomic E-state index is 13.5. The molecule has 6 heteroatoms. The lowest BCUT2D eigenvalue weighted by Crippen LogP contribution is -2.60. The third kappa shape index (κ3) is 3.55. The summed E-state index contributed by atoms with van der Waals surface area (Å²) in [6.45, 7) is 2.70. The third-order valence-electron chi connectivity index (χ3n) is 6.16. The molecule has 2 unspecified atom stereocenters. The van der Waals surface area contributed by atoms with E-state index in [2.05, 4.69) is 35.2 Å². The molecule has 2 saturated heterocycles. The smallest absolute Gasteiger partial charge is 0.254 e. The molecule has 4 aromatic rings. The molecule has 2 aliphatic rings. The summed E-state index contributed by atoms with van der Waals surface area (Å²) in [5.41, 5.74) is 3.83. The Balaban J connectivity index is 1.22. The van der Waals surface area contributed by atoms with Gasteiger partial charge in [0.25, 0.3) is 5.91 Å². The van der Waals surface area contributed by atoms with Gasteiger partial charge in [-0.05, 0) is 29.3 Å². The van der Waals surface area contributed by atoms with E-state index in [0.29, 0.717) is 13.1 Å². The Kier molecular flexibility index (Phi) is 4.89. The Hall–Kier alpha value is -3.22. The molecule has 2 aliphatic heterocycles. The predicted molar refractivity (Wildman–Crippen MR) is 128 cm³/mol. The molecule has 0 aliphatic carbocycles. The summed E-state index contributed by atoms with van der Waals surface area (Å²) < 4.78 is 7.42. The van der Waals surface area contributed by atoms with Crippen LogP contribution in [0, 0.1) is 0 Å². The van der Waals surface area contributed by atoms with Gasteiger partial charge in [0.15, 0.2) is 5.13 Å². The van der Waals surface area contributed by atoms with Crippen LogP contribution in [0.15, 0.2) is 78.9 Å². The van der Waals surface area contributed by atoms with E-state index >= 15 is 0 Å². The number of hydrogen-bond donors (Lipinski definition) is 0. The van der Waals surface area contributed by atoms with Crippen LogP contribution >= 0.6 is 11.3 Å². The van der Waals surface area contributed by atoms with Gasteiger partial charge < -0.3 is 14.5 Å². The highest BCUT2D eigenvalue weighted by Gasteiger charge is 2.38. The van der Waals surface area contributed by atoms with Crippen LogP contribution in [0.3, 0.4) is 0 Å². The number of benzene rings is 3. The number of amides is 1. The first-order valence-electron chi connectivity index (χ1n) is 10.9. The minimum atomic E-state index is -0.0117. The predicted octanol–water partition coefficient (Wildman–Crippen LogP) is 4.69. The zero-order chi connectivity index (χ0) is 21.5. The number of ether oxygens (including phenoxy) is 1. The number of aromatic nitrogens is 1.